The van der Waals surface area contributed by atoms with Crippen molar-refractivity contribution >= 4 is 5.78 Å². The van der Waals surface area contributed by atoms with Crippen molar-refractivity contribution in [3.8, 4) is 11.6 Å². The monoisotopic (exact) mass is 246 g/mol. The Balaban J connectivity index is 1.87. The van der Waals surface area contributed by atoms with Gasteiger partial charge in [-0.25, -0.2) is 9.97 Å². The molecule has 1 saturated heterocycles. The molecule has 2 aromatic heterocycles. The topological polar surface area (TPSA) is 91.0 Å². The molecule has 1 fully saturated rings. The minimum atomic E-state index is -0.469. The number of ether oxygens (including phenoxy) is 1. The van der Waals surface area contributed by atoms with Crippen LogP contribution in [-0.2, 0) is 9.53 Å². The quantitative estimate of drug-likeness (QED) is 0.766. The van der Waals surface area contributed by atoms with Gasteiger partial charge in [0.2, 0.25) is 17.5 Å². The standard InChI is InChI=1S/C11H10N4O3/c16-8-2-5-17-6-7(8)11-14-10(15-18-11)9-12-3-1-4-13-9/h1,3-4,7H,2,5-6H2. The molecule has 1 aliphatic heterocycles. The van der Waals surface area contributed by atoms with Crippen molar-refractivity contribution in [2.45, 2.75) is 12.3 Å². The van der Waals surface area contributed by atoms with Gasteiger partial charge in [-0.1, -0.05) is 5.16 Å². The fourth-order valence-corrected chi connectivity index (χ4v) is 1.73. The molecule has 0 spiro atoms. The zero-order valence-electron chi connectivity index (χ0n) is 9.44. The minimum absolute atomic E-state index is 0.0606. The maximum absolute atomic E-state index is 11.7. The summed E-state index contributed by atoms with van der Waals surface area (Å²) in [5.74, 6) is 0.511. The number of nitrogens with zero attached hydrogens (tertiary/aromatic N) is 4. The molecule has 1 aliphatic rings. The molecule has 18 heavy (non-hydrogen) atoms. The van der Waals surface area contributed by atoms with Gasteiger partial charge in [-0.2, -0.15) is 4.98 Å². The molecule has 0 aliphatic carbocycles. The van der Waals surface area contributed by atoms with E-state index in [0.29, 0.717) is 18.9 Å². The average Bonchev–Trinajstić information content (AvgIpc) is 2.90. The summed E-state index contributed by atoms with van der Waals surface area (Å²) in [4.78, 5) is 23.9. The summed E-state index contributed by atoms with van der Waals surface area (Å²) in [7, 11) is 0. The molecule has 7 nitrogen and oxygen atoms in total. The van der Waals surface area contributed by atoms with Crippen molar-refractivity contribution in [3.63, 3.8) is 0 Å². The van der Waals surface area contributed by atoms with Gasteiger partial charge in [0.1, 0.15) is 11.7 Å². The Labute approximate surface area is 102 Å². The first-order valence-corrected chi connectivity index (χ1v) is 5.56. The van der Waals surface area contributed by atoms with Crippen LogP contribution in [-0.4, -0.2) is 39.1 Å². The fourth-order valence-electron chi connectivity index (χ4n) is 1.73. The number of carbonyl (C=O) groups is 1. The van der Waals surface area contributed by atoms with Crippen molar-refractivity contribution in [2.75, 3.05) is 13.2 Å². The lowest BCUT2D eigenvalue weighted by Crippen LogP contribution is -2.25. The van der Waals surface area contributed by atoms with E-state index in [9.17, 15) is 4.79 Å². The molecule has 0 amide bonds. The minimum Gasteiger partial charge on any atom is -0.380 e. The van der Waals surface area contributed by atoms with Gasteiger partial charge in [-0.15, -0.1) is 0 Å². The van der Waals surface area contributed by atoms with E-state index in [2.05, 4.69) is 20.1 Å². The van der Waals surface area contributed by atoms with E-state index in [1.165, 1.54) is 0 Å². The summed E-state index contributed by atoms with van der Waals surface area (Å²) < 4.78 is 10.3. The Morgan fingerprint density at radius 2 is 2.06 bits per heavy atom. The molecule has 1 unspecified atom stereocenters. The van der Waals surface area contributed by atoms with Gasteiger partial charge in [-0.3, -0.25) is 4.79 Å². The number of ketones is 1. The number of aromatic nitrogens is 4. The van der Waals surface area contributed by atoms with E-state index in [4.69, 9.17) is 9.26 Å². The molecule has 3 heterocycles. The highest BCUT2D eigenvalue weighted by Crippen LogP contribution is 2.22. The summed E-state index contributed by atoms with van der Waals surface area (Å²) >= 11 is 0. The summed E-state index contributed by atoms with van der Waals surface area (Å²) in [5.41, 5.74) is 0. The van der Waals surface area contributed by atoms with Crippen LogP contribution in [0.3, 0.4) is 0 Å². The van der Waals surface area contributed by atoms with E-state index in [1.807, 2.05) is 0 Å². The molecule has 3 rings (SSSR count). The Kier molecular flexibility index (Phi) is 2.81. The second-order valence-corrected chi connectivity index (χ2v) is 3.87. The van der Waals surface area contributed by atoms with Crippen molar-refractivity contribution in [1.29, 1.82) is 0 Å². The van der Waals surface area contributed by atoms with Gasteiger partial charge in [0.05, 0.1) is 13.2 Å². The van der Waals surface area contributed by atoms with Crippen LogP contribution in [0.25, 0.3) is 11.6 Å². The van der Waals surface area contributed by atoms with Crippen molar-refractivity contribution in [3.05, 3.63) is 24.4 Å². The average molecular weight is 246 g/mol. The molecule has 92 valence electrons. The molecular weight excluding hydrogens is 236 g/mol. The lowest BCUT2D eigenvalue weighted by Gasteiger charge is -2.16. The largest absolute Gasteiger partial charge is 0.380 e. The molecule has 0 N–H and O–H groups in total. The maximum atomic E-state index is 11.7. The van der Waals surface area contributed by atoms with E-state index in [1.54, 1.807) is 18.5 Å². The van der Waals surface area contributed by atoms with Crippen LogP contribution < -0.4 is 0 Å². The van der Waals surface area contributed by atoms with Crippen LogP contribution in [0, 0.1) is 0 Å². The molecule has 0 bridgehead atoms. The Hall–Kier alpha value is -2.15. The van der Waals surface area contributed by atoms with Gasteiger partial charge >= 0.3 is 0 Å². The van der Waals surface area contributed by atoms with Crippen molar-refractivity contribution < 1.29 is 14.1 Å². The zero-order chi connectivity index (χ0) is 12.4. The van der Waals surface area contributed by atoms with Gasteiger partial charge in [0.25, 0.3) is 0 Å². The number of hydrogen-bond donors (Lipinski definition) is 0. The number of hydrogen-bond acceptors (Lipinski definition) is 7. The first-order chi connectivity index (χ1) is 8.84. The van der Waals surface area contributed by atoms with E-state index in [-0.39, 0.29) is 24.1 Å². The first kappa shape index (κ1) is 11.0. The highest BCUT2D eigenvalue weighted by Gasteiger charge is 2.30. The smallest absolute Gasteiger partial charge is 0.240 e. The second kappa shape index (κ2) is 4.61. The highest BCUT2D eigenvalue weighted by molar-refractivity contribution is 5.85. The SMILES string of the molecule is O=C1CCOCC1c1nc(-c2ncccn2)no1. The predicted octanol–water partition coefficient (Wildman–Crippen LogP) is 0.600. The van der Waals surface area contributed by atoms with Gasteiger partial charge < -0.3 is 9.26 Å². The van der Waals surface area contributed by atoms with Crippen molar-refractivity contribution in [1.82, 2.24) is 20.1 Å². The number of rotatable bonds is 2. The Bertz CT molecular complexity index is 554. The van der Waals surface area contributed by atoms with E-state index < -0.39 is 5.92 Å². The Morgan fingerprint density at radius 1 is 1.22 bits per heavy atom. The summed E-state index contributed by atoms with van der Waals surface area (Å²) in [6.07, 6.45) is 3.56. The summed E-state index contributed by atoms with van der Waals surface area (Å²) in [6, 6.07) is 1.70. The van der Waals surface area contributed by atoms with Crippen LogP contribution in [0.5, 0.6) is 0 Å². The second-order valence-electron chi connectivity index (χ2n) is 3.87. The lowest BCUT2D eigenvalue weighted by molar-refractivity contribution is -0.127. The summed E-state index contributed by atoms with van der Waals surface area (Å²) in [6.45, 7) is 0.744. The zero-order valence-corrected chi connectivity index (χ0v) is 9.44. The molecule has 2 aromatic rings. The van der Waals surface area contributed by atoms with Gasteiger partial charge in [0.15, 0.2) is 0 Å². The third-order valence-electron chi connectivity index (χ3n) is 2.67. The molecular formula is C11H10N4O3. The molecule has 0 aromatic carbocycles. The van der Waals surface area contributed by atoms with Crippen LogP contribution in [0.15, 0.2) is 23.0 Å². The van der Waals surface area contributed by atoms with Gasteiger partial charge in [-0.05, 0) is 6.07 Å². The third kappa shape index (κ3) is 2.00. The molecule has 7 heteroatoms. The summed E-state index contributed by atoms with van der Waals surface area (Å²) in [5, 5.41) is 3.78. The maximum Gasteiger partial charge on any atom is 0.240 e. The van der Waals surface area contributed by atoms with E-state index in [0.717, 1.165) is 0 Å². The van der Waals surface area contributed by atoms with Crippen LogP contribution in [0.1, 0.15) is 18.2 Å². The van der Waals surface area contributed by atoms with Crippen molar-refractivity contribution in [2.24, 2.45) is 0 Å². The number of carbonyl (C=O) groups excluding carboxylic acids is 1. The van der Waals surface area contributed by atoms with Gasteiger partial charge in [0, 0.05) is 18.8 Å². The molecule has 1 atom stereocenters. The van der Waals surface area contributed by atoms with Crippen LogP contribution in [0.2, 0.25) is 0 Å². The highest BCUT2D eigenvalue weighted by atomic mass is 16.5. The normalized spacial score (nSPS) is 20.0. The van der Waals surface area contributed by atoms with Crippen LogP contribution >= 0.6 is 0 Å². The molecule has 0 radical (unpaired) electrons. The van der Waals surface area contributed by atoms with E-state index >= 15 is 0 Å². The van der Waals surface area contributed by atoms with Crippen LogP contribution in [0.4, 0.5) is 0 Å². The third-order valence-corrected chi connectivity index (χ3v) is 2.67. The molecule has 0 saturated carbocycles. The Morgan fingerprint density at radius 3 is 2.83 bits per heavy atom. The first-order valence-electron chi connectivity index (χ1n) is 5.56. The number of Topliss-reactive ketones (excluding diaryl/α,β-unsaturated/α-hetero) is 1. The fraction of sp³-hybridized carbons (Fsp3) is 0.364. The predicted molar refractivity (Wildman–Crippen MR) is 58.5 cm³/mol. The lowest BCUT2D eigenvalue weighted by atomic mass is 10.0.